The van der Waals surface area contributed by atoms with Crippen LogP contribution in [0.1, 0.15) is 156 Å². The first-order valence-corrected chi connectivity index (χ1v) is 33.1. The molecule has 1 unspecified atom stereocenters. The summed E-state index contributed by atoms with van der Waals surface area (Å²) in [7, 11) is 8.27. The second kappa shape index (κ2) is 31.8. The molecule has 1 atom stereocenters. The molecule has 8 nitrogen and oxygen atoms in total. The number of benzene rings is 6. The second-order valence-corrected chi connectivity index (χ2v) is 26.0. The molecule has 0 aliphatic carbocycles. The Hall–Kier alpha value is -9.92. The fraction of sp³-hybridized carbons (Fsp3) is 0.264. The molecule has 0 aliphatic heterocycles. The summed E-state index contributed by atoms with van der Waals surface area (Å²) in [5.74, 6) is 1.33. The molecule has 6 aromatic heterocycles. The second-order valence-electron chi connectivity index (χ2n) is 26.0. The Morgan fingerprint density at radius 3 is 0.947 bits per heavy atom. The third-order valence-corrected chi connectivity index (χ3v) is 17.4. The highest BCUT2D eigenvalue weighted by molar-refractivity contribution is 5.69. The number of nitrogens with zero attached hydrogens (tertiary/aromatic N) is 8. The van der Waals surface area contributed by atoms with Gasteiger partial charge in [0.2, 0.25) is 22.8 Å². The van der Waals surface area contributed by atoms with Gasteiger partial charge >= 0.3 is 0 Å². The van der Waals surface area contributed by atoms with E-state index in [-0.39, 0.29) is 11.8 Å². The first-order valence-electron chi connectivity index (χ1n) is 35.6. The Bertz CT molecular complexity index is 4750. The van der Waals surface area contributed by atoms with E-state index in [0.717, 1.165) is 56.7 Å². The lowest BCUT2D eigenvalue weighted by molar-refractivity contribution is -0.660. The number of hydrogen-bond donors (Lipinski definition) is 0. The summed E-state index contributed by atoms with van der Waals surface area (Å²) in [6, 6.07) is 70.6. The van der Waals surface area contributed by atoms with Crippen molar-refractivity contribution < 1.29 is 25.1 Å². The van der Waals surface area contributed by atoms with Crippen LogP contribution in [0.15, 0.2) is 237 Å². The molecule has 0 aliphatic rings. The molecule has 6 heterocycles. The summed E-state index contributed by atoms with van der Waals surface area (Å²) in [6.45, 7) is 24.3. The molecule has 482 valence electrons. The molecule has 12 aromatic rings. The molecule has 0 saturated carbocycles. The van der Waals surface area contributed by atoms with Gasteiger partial charge in [-0.2, -0.15) is 0 Å². The Kier molecular flexibility index (Phi) is 20.9. The predicted octanol–water partition coefficient (Wildman–Crippen LogP) is 19.8. The quantitative estimate of drug-likeness (QED) is 0.108. The monoisotopic (exact) mass is 1260 g/mol. The van der Waals surface area contributed by atoms with Gasteiger partial charge < -0.3 is 0 Å². The van der Waals surface area contributed by atoms with E-state index < -0.39 is 18.6 Å². The van der Waals surface area contributed by atoms with E-state index in [0.29, 0.717) is 11.5 Å². The minimum Gasteiger partial charge on any atom is -0.256 e. The van der Waals surface area contributed by atoms with Gasteiger partial charge in [0.25, 0.3) is 0 Å². The Labute approximate surface area is 574 Å². The van der Waals surface area contributed by atoms with Crippen LogP contribution in [-0.2, 0) is 28.2 Å². The number of pyridine rings is 5. The molecular formula is C87H98N8+4. The molecule has 0 bridgehead atoms. The van der Waals surface area contributed by atoms with Crippen LogP contribution in [0.5, 0.6) is 0 Å². The van der Waals surface area contributed by atoms with Gasteiger partial charge in [-0.15, -0.1) is 0 Å². The molecule has 0 spiro atoms. The predicted molar refractivity (Wildman–Crippen MR) is 395 cm³/mol. The number of hydrogen-bond acceptors (Lipinski definition) is 4. The maximum absolute atomic E-state index is 8.20. The lowest BCUT2D eigenvalue weighted by atomic mass is 9.98. The summed E-state index contributed by atoms with van der Waals surface area (Å²) in [5.41, 5.74) is 25.1. The zero-order valence-corrected chi connectivity index (χ0v) is 58.8. The lowest BCUT2D eigenvalue weighted by Crippen LogP contribution is -2.31. The number of aromatic nitrogens is 8. The van der Waals surface area contributed by atoms with E-state index in [1.54, 1.807) is 12.1 Å². The highest BCUT2D eigenvalue weighted by Crippen LogP contribution is 2.30. The summed E-state index contributed by atoms with van der Waals surface area (Å²) in [5, 5.41) is 0. The number of aryl methyl sites for hydroxylation is 8. The standard InChI is InChI=1S/C22H27N4.2C22H24N.C21H23N2/c1-14(2)20-23-21(15(3)4)25-22(24-20)17-11-12-19(26(6)13-17)18-10-8-7-9-16(18)5;2*1-16(2)18-9-11-19(12-10-18)20-13-14-22(23(4)15-20)21-8-6-5-7-17(21)3;1-15(2)17-9-11-20(22-13-17)18-10-12-21(23(4)14-18)19-8-6-5-7-16(19)3/h7-15H,1-6H3;2*5-16H,1-4H3;5-15H,1-4H3/q4*+1/i;1D3,16D;16D;. The summed E-state index contributed by atoms with van der Waals surface area (Å²) >= 11 is 0. The van der Waals surface area contributed by atoms with Crippen LogP contribution in [0, 0.1) is 27.7 Å². The van der Waals surface area contributed by atoms with Gasteiger partial charge in [0.1, 0.15) is 39.8 Å². The van der Waals surface area contributed by atoms with Gasteiger partial charge in [-0.1, -0.05) is 197 Å². The zero-order chi connectivity index (χ0) is 72.4. The van der Waals surface area contributed by atoms with Gasteiger partial charge in [0.15, 0.2) is 30.6 Å². The molecule has 12 rings (SSSR count). The van der Waals surface area contributed by atoms with E-state index in [9.17, 15) is 0 Å². The van der Waals surface area contributed by atoms with Crippen molar-refractivity contribution in [1.82, 2.24) is 19.9 Å². The molecule has 6 aromatic carbocycles. The third-order valence-electron chi connectivity index (χ3n) is 17.4. The fourth-order valence-electron chi connectivity index (χ4n) is 11.5. The topological polar surface area (TPSA) is 67.1 Å². The van der Waals surface area contributed by atoms with Crippen molar-refractivity contribution >= 4 is 0 Å². The molecule has 8 heteroatoms. The molecule has 0 N–H and O–H groups in total. The average Bonchev–Trinajstić information content (AvgIpc) is 0.806. The van der Waals surface area contributed by atoms with E-state index in [2.05, 4.69) is 313 Å². The highest BCUT2D eigenvalue weighted by atomic mass is 15.0. The maximum Gasteiger partial charge on any atom is 0.212 e. The van der Waals surface area contributed by atoms with Crippen LogP contribution in [0.2, 0.25) is 0 Å². The Balaban J connectivity index is 0.000000156. The van der Waals surface area contributed by atoms with Crippen LogP contribution in [0.3, 0.4) is 0 Å². The first kappa shape index (κ1) is 62.5. The largest absolute Gasteiger partial charge is 0.256 e. The maximum atomic E-state index is 8.20. The fourth-order valence-corrected chi connectivity index (χ4v) is 11.5. The van der Waals surface area contributed by atoms with Crippen molar-refractivity contribution in [3.63, 3.8) is 0 Å². The summed E-state index contributed by atoms with van der Waals surface area (Å²) in [6.07, 6.45) is 10.5. The van der Waals surface area contributed by atoms with Crippen LogP contribution in [0.25, 0.3) is 89.9 Å². The van der Waals surface area contributed by atoms with E-state index in [4.69, 9.17) is 16.8 Å². The molecule has 0 fully saturated rings. The van der Waals surface area contributed by atoms with E-state index >= 15 is 0 Å². The van der Waals surface area contributed by atoms with Crippen molar-refractivity contribution in [1.29, 1.82) is 0 Å². The normalized spacial score (nSPS) is 12.7. The van der Waals surface area contributed by atoms with Crippen LogP contribution in [0.4, 0.5) is 0 Å². The van der Waals surface area contributed by atoms with Crippen LogP contribution >= 0.6 is 0 Å². The van der Waals surface area contributed by atoms with Crippen molar-refractivity contribution in [3.05, 3.63) is 288 Å². The summed E-state index contributed by atoms with van der Waals surface area (Å²) in [4.78, 5) is 18.7. The minimum atomic E-state index is -2.36. The molecule has 0 saturated heterocycles. The Morgan fingerprint density at radius 2 is 0.632 bits per heavy atom. The van der Waals surface area contributed by atoms with Crippen molar-refractivity contribution in [2.24, 2.45) is 28.2 Å². The van der Waals surface area contributed by atoms with Gasteiger partial charge in [-0.05, 0) is 150 Å². The van der Waals surface area contributed by atoms with Gasteiger partial charge in [-0.3, -0.25) is 4.98 Å². The van der Waals surface area contributed by atoms with E-state index in [1.807, 2.05) is 51.4 Å². The smallest absolute Gasteiger partial charge is 0.212 e. The molecular weight excluding hydrogens is 1160 g/mol. The summed E-state index contributed by atoms with van der Waals surface area (Å²) < 4.78 is 47.7. The van der Waals surface area contributed by atoms with Crippen LogP contribution < -0.4 is 18.3 Å². The Morgan fingerprint density at radius 1 is 0.316 bits per heavy atom. The molecule has 95 heavy (non-hydrogen) atoms. The van der Waals surface area contributed by atoms with Crippen molar-refractivity contribution in [2.75, 3.05) is 0 Å². The first-order chi connectivity index (χ1) is 47.4. The van der Waals surface area contributed by atoms with Crippen molar-refractivity contribution in [2.45, 2.75) is 126 Å². The van der Waals surface area contributed by atoms with Crippen molar-refractivity contribution in [3.8, 4) is 89.9 Å². The van der Waals surface area contributed by atoms with Crippen LogP contribution in [-0.4, -0.2) is 19.9 Å². The average molecular weight is 1260 g/mol. The highest BCUT2D eigenvalue weighted by Gasteiger charge is 2.21. The zero-order valence-electron chi connectivity index (χ0n) is 63.8. The molecule has 0 radical (unpaired) electrons. The lowest BCUT2D eigenvalue weighted by Gasteiger charge is -2.11. The van der Waals surface area contributed by atoms with Gasteiger partial charge in [0.05, 0.1) is 16.8 Å². The minimum absolute atomic E-state index is 0.272. The van der Waals surface area contributed by atoms with Gasteiger partial charge in [-0.25, -0.2) is 33.2 Å². The van der Waals surface area contributed by atoms with E-state index in [1.165, 1.54) is 85.2 Å². The number of rotatable bonds is 13. The third kappa shape index (κ3) is 17.5. The van der Waals surface area contributed by atoms with Gasteiger partial charge in [0, 0.05) is 82.5 Å². The molecule has 0 amide bonds. The SMILES string of the molecule is Cc1ccccc1-c1ccc(-c2ccc(C(C)C)cn2)c[n+]1C.Cc1ccccc1-c1ccc(-c2nc(C(C)C)nc(C(C)C)n2)c[n+]1C.[2H]C(C)(C)c1ccc(-c2ccc(-c3ccccc3C)[n+](C)c2)cc1.[2H]C([2H])([2H])C([2H])(C)c1ccc(-c2ccc(-c3ccccc3C)[n+](C)c2)cc1.